The molecular weight excluding hydrogens is 254 g/mol. The highest BCUT2D eigenvalue weighted by Crippen LogP contribution is 2.31. The lowest BCUT2D eigenvalue weighted by Crippen LogP contribution is -2.21. The molecule has 1 aliphatic heterocycles. The van der Waals surface area contributed by atoms with Gasteiger partial charge in [0.2, 0.25) is 0 Å². The van der Waals surface area contributed by atoms with Gasteiger partial charge in [-0.25, -0.2) is 0 Å². The molecule has 0 amide bonds. The maximum atomic E-state index is 12.1. The molecule has 0 atom stereocenters. The van der Waals surface area contributed by atoms with Crippen LogP contribution in [0, 0.1) is 16.7 Å². The number of nitriles is 1. The first-order valence-corrected chi connectivity index (χ1v) is 6.48. The van der Waals surface area contributed by atoms with E-state index in [4.69, 9.17) is 14.7 Å². The van der Waals surface area contributed by atoms with Crippen LogP contribution >= 0.6 is 0 Å². The molecule has 0 aromatic heterocycles. The van der Waals surface area contributed by atoms with Crippen LogP contribution in [0.5, 0.6) is 11.5 Å². The Labute approximate surface area is 118 Å². The van der Waals surface area contributed by atoms with Crippen LogP contribution < -0.4 is 9.47 Å². The first-order chi connectivity index (χ1) is 9.41. The number of hydrogen-bond donors (Lipinski definition) is 0. The summed E-state index contributed by atoms with van der Waals surface area (Å²) in [6, 6.07) is 7.35. The van der Waals surface area contributed by atoms with E-state index in [1.165, 1.54) is 0 Å². The fraction of sp³-hybridized carbons (Fsp3) is 0.375. The highest BCUT2D eigenvalue weighted by atomic mass is 16.6. The van der Waals surface area contributed by atoms with Gasteiger partial charge in [0.05, 0.1) is 5.57 Å². The van der Waals surface area contributed by atoms with Gasteiger partial charge in [-0.15, -0.1) is 0 Å². The van der Waals surface area contributed by atoms with E-state index in [-0.39, 0.29) is 11.4 Å². The normalized spacial score (nSPS) is 14.6. The fourth-order valence-corrected chi connectivity index (χ4v) is 1.87. The lowest BCUT2D eigenvalue weighted by Gasteiger charge is -2.18. The van der Waals surface area contributed by atoms with E-state index in [0.29, 0.717) is 24.7 Å². The highest BCUT2D eigenvalue weighted by molar-refractivity contribution is 6.06. The van der Waals surface area contributed by atoms with E-state index in [1.54, 1.807) is 45.0 Å². The fourth-order valence-electron chi connectivity index (χ4n) is 1.87. The van der Waals surface area contributed by atoms with Gasteiger partial charge in [-0.05, 0) is 23.8 Å². The number of nitrogens with zero attached hydrogens (tertiary/aromatic N) is 1. The van der Waals surface area contributed by atoms with Crippen molar-refractivity contribution in [3.63, 3.8) is 0 Å². The van der Waals surface area contributed by atoms with Crippen molar-refractivity contribution in [3.8, 4) is 17.6 Å². The second-order valence-electron chi connectivity index (χ2n) is 5.65. The lowest BCUT2D eigenvalue weighted by atomic mass is 9.86. The quantitative estimate of drug-likeness (QED) is 0.613. The van der Waals surface area contributed by atoms with E-state index in [1.807, 2.05) is 6.07 Å². The van der Waals surface area contributed by atoms with Crippen molar-refractivity contribution in [2.45, 2.75) is 20.8 Å². The number of fused-ring (bicyclic) bond motifs is 1. The zero-order chi connectivity index (χ0) is 14.8. The molecule has 0 saturated heterocycles. The molecule has 1 aliphatic rings. The predicted molar refractivity (Wildman–Crippen MR) is 75.5 cm³/mol. The molecule has 0 aliphatic carbocycles. The van der Waals surface area contributed by atoms with E-state index in [9.17, 15) is 4.79 Å². The average molecular weight is 271 g/mol. The molecule has 1 aromatic rings. The minimum absolute atomic E-state index is 0.147. The minimum atomic E-state index is -0.574. The summed E-state index contributed by atoms with van der Waals surface area (Å²) >= 11 is 0. The third-order valence-electron chi connectivity index (χ3n) is 2.92. The van der Waals surface area contributed by atoms with Crippen LogP contribution in [0.4, 0.5) is 0 Å². The zero-order valence-electron chi connectivity index (χ0n) is 11.9. The molecular formula is C16H17NO3. The Morgan fingerprint density at radius 3 is 2.50 bits per heavy atom. The third-order valence-corrected chi connectivity index (χ3v) is 2.92. The van der Waals surface area contributed by atoms with Crippen LogP contribution in [0.3, 0.4) is 0 Å². The number of ketones is 1. The van der Waals surface area contributed by atoms with Gasteiger partial charge < -0.3 is 9.47 Å². The summed E-state index contributed by atoms with van der Waals surface area (Å²) < 4.78 is 10.9. The van der Waals surface area contributed by atoms with Gasteiger partial charge in [-0.3, -0.25) is 4.79 Å². The molecule has 0 saturated carbocycles. The molecule has 0 radical (unpaired) electrons. The molecule has 0 fully saturated rings. The maximum Gasteiger partial charge on any atom is 0.178 e. The van der Waals surface area contributed by atoms with Gasteiger partial charge in [-0.1, -0.05) is 26.8 Å². The molecule has 1 heterocycles. The second kappa shape index (κ2) is 5.38. The van der Waals surface area contributed by atoms with Gasteiger partial charge in [0, 0.05) is 5.41 Å². The molecule has 2 rings (SSSR count). The number of hydrogen-bond acceptors (Lipinski definition) is 4. The average Bonchev–Trinajstić information content (AvgIpc) is 2.43. The van der Waals surface area contributed by atoms with Crippen LogP contribution in [-0.2, 0) is 4.79 Å². The van der Waals surface area contributed by atoms with E-state index >= 15 is 0 Å². The Kier molecular flexibility index (Phi) is 3.80. The van der Waals surface area contributed by atoms with Gasteiger partial charge in [-0.2, -0.15) is 5.26 Å². The number of benzene rings is 1. The largest absolute Gasteiger partial charge is 0.486 e. The molecule has 1 aromatic carbocycles. The predicted octanol–water partition coefficient (Wildman–Crippen LogP) is 2.98. The number of Topliss-reactive ketones (excluding diaryl/α,β-unsaturated/α-hetero) is 1. The van der Waals surface area contributed by atoms with E-state index in [2.05, 4.69) is 0 Å². The van der Waals surface area contributed by atoms with Crippen molar-refractivity contribution < 1.29 is 14.3 Å². The molecule has 0 unspecified atom stereocenters. The highest BCUT2D eigenvalue weighted by Gasteiger charge is 2.25. The van der Waals surface area contributed by atoms with Gasteiger partial charge in [0.1, 0.15) is 19.3 Å². The number of rotatable bonds is 2. The molecule has 104 valence electrons. The van der Waals surface area contributed by atoms with E-state index < -0.39 is 5.41 Å². The van der Waals surface area contributed by atoms with Crippen molar-refractivity contribution in [1.82, 2.24) is 0 Å². The summed E-state index contributed by atoms with van der Waals surface area (Å²) in [6.07, 6.45) is 1.59. The molecule has 0 bridgehead atoms. The minimum Gasteiger partial charge on any atom is -0.486 e. The SMILES string of the molecule is CC(C)(C)C(=O)/C(C#N)=C\c1ccc2c(c1)OCCO2. The molecule has 4 heteroatoms. The first kappa shape index (κ1) is 14.1. The maximum absolute atomic E-state index is 12.1. The van der Waals surface area contributed by atoms with Crippen molar-refractivity contribution in [2.24, 2.45) is 5.41 Å². The molecule has 4 nitrogen and oxygen atoms in total. The molecule has 0 N–H and O–H groups in total. The van der Waals surface area contributed by atoms with Crippen LogP contribution in [0.1, 0.15) is 26.3 Å². The molecule has 0 spiro atoms. The first-order valence-electron chi connectivity index (χ1n) is 6.48. The molecule has 20 heavy (non-hydrogen) atoms. The monoisotopic (exact) mass is 271 g/mol. The van der Waals surface area contributed by atoms with E-state index in [0.717, 1.165) is 5.56 Å². The van der Waals surface area contributed by atoms with Crippen LogP contribution in [0.25, 0.3) is 6.08 Å². The third kappa shape index (κ3) is 3.00. The Hall–Kier alpha value is -2.28. The van der Waals surface area contributed by atoms with Crippen molar-refractivity contribution in [3.05, 3.63) is 29.3 Å². The summed E-state index contributed by atoms with van der Waals surface area (Å²) in [5.74, 6) is 1.16. The number of carbonyl (C=O) groups excluding carboxylic acids is 1. The summed E-state index contributed by atoms with van der Waals surface area (Å²) in [5, 5.41) is 9.16. The van der Waals surface area contributed by atoms with Crippen LogP contribution in [-0.4, -0.2) is 19.0 Å². The number of ether oxygens (including phenoxy) is 2. The van der Waals surface area contributed by atoms with Crippen molar-refractivity contribution >= 4 is 11.9 Å². The lowest BCUT2D eigenvalue weighted by molar-refractivity contribution is -0.121. The Morgan fingerprint density at radius 2 is 1.90 bits per heavy atom. The van der Waals surface area contributed by atoms with Crippen LogP contribution in [0.2, 0.25) is 0 Å². The second-order valence-corrected chi connectivity index (χ2v) is 5.65. The van der Waals surface area contributed by atoms with Crippen molar-refractivity contribution in [2.75, 3.05) is 13.2 Å². The topological polar surface area (TPSA) is 59.3 Å². The number of allylic oxidation sites excluding steroid dienone is 1. The summed E-state index contributed by atoms with van der Waals surface area (Å²) in [7, 11) is 0. The Morgan fingerprint density at radius 1 is 1.25 bits per heavy atom. The standard InChI is InChI=1S/C16H17NO3/c1-16(2,3)15(18)12(10-17)8-11-4-5-13-14(9-11)20-7-6-19-13/h4-5,8-9H,6-7H2,1-3H3/b12-8-. The van der Waals surface area contributed by atoms with Crippen LogP contribution in [0.15, 0.2) is 23.8 Å². The summed E-state index contributed by atoms with van der Waals surface area (Å²) in [4.78, 5) is 12.1. The Balaban J connectivity index is 2.34. The van der Waals surface area contributed by atoms with Gasteiger partial charge >= 0.3 is 0 Å². The summed E-state index contributed by atoms with van der Waals surface area (Å²) in [5.41, 5.74) is 0.327. The van der Waals surface area contributed by atoms with Gasteiger partial charge in [0.25, 0.3) is 0 Å². The number of carbonyl (C=O) groups is 1. The smallest absolute Gasteiger partial charge is 0.178 e. The zero-order valence-corrected chi connectivity index (χ0v) is 11.9. The Bertz CT molecular complexity index is 603. The summed E-state index contributed by atoms with van der Waals surface area (Å²) in [6.45, 7) is 6.43. The van der Waals surface area contributed by atoms with Gasteiger partial charge in [0.15, 0.2) is 17.3 Å². The van der Waals surface area contributed by atoms with Crippen molar-refractivity contribution in [1.29, 1.82) is 5.26 Å².